The van der Waals surface area contributed by atoms with Crippen molar-refractivity contribution in [3.63, 3.8) is 0 Å². The first-order chi connectivity index (χ1) is 17.8. The number of hydrogen-bond donors (Lipinski definition) is 0. The van der Waals surface area contributed by atoms with Crippen molar-refractivity contribution in [3.8, 4) is 0 Å². The van der Waals surface area contributed by atoms with Gasteiger partial charge in [-0.1, -0.05) is 69.2 Å². The van der Waals surface area contributed by atoms with Gasteiger partial charge in [0.1, 0.15) is 0 Å². The van der Waals surface area contributed by atoms with Crippen LogP contribution >= 0.6 is 0 Å². The molecule has 0 spiro atoms. The number of ether oxygens (including phenoxy) is 1. The van der Waals surface area contributed by atoms with E-state index in [4.69, 9.17) is 4.74 Å². The number of benzene rings is 2. The van der Waals surface area contributed by atoms with Crippen LogP contribution in [0.2, 0.25) is 0 Å². The lowest BCUT2D eigenvalue weighted by Crippen LogP contribution is -2.23. The highest BCUT2D eigenvalue weighted by Gasteiger charge is 2.30. The summed E-state index contributed by atoms with van der Waals surface area (Å²) in [5.74, 6) is -0.962. The highest BCUT2D eigenvalue weighted by Crippen LogP contribution is 2.34. The number of carbonyl (C=O) groups is 2. The first-order valence-corrected chi connectivity index (χ1v) is 14.9. The molecule has 0 N–H and O–H groups in total. The Bertz CT molecular complexity index is 981. The molecule has 3 heteroatoms. The molecule has 0 aliphatic rings. The zero-order valence-electron chi connectivity index (χ0n) is 25.3. The lowest BCUT2D eigenvalue weighted by atomic mass is 9.81. The van der Waals surface area contributed by atoms with E-state index in [1.54, 1.807) is 0 Å². The maximum absolute atomic E-state index is 13.9. The fourth-order valence-corrected chi connectivity index (χ4v) is 6.86. The molecule has 37 heavy (non-hydrogen) atoms. The predicted octanol–water partition coefficient (Wildman–Crippen LogP) is 8.31. The zero-order valence-corrected chi connectivity index (χ0v) is 25.3. The van der Waals surface area contributed by atoms with Gasteiger partial charge in [0, 0.05) is 0 Å². The van der Waals surface area contributed by atoms with Gasteiger partial charge in [-0.2, -0.15) is 0 Å². The molecule has 0 atom stereocenters. The molecule has 0 heterocycles. The molecule has 0 aliphatic heterocycles. The van der Waals surface area contributed by atoms with E-state index >= 15 is 0 Å². The first-order valence-electron chi connectivity index (χ1n) is 14.9. The average Bonchev–Trinajstić information content (AvgIpc) is 2.92. The Hall–Kier alpha value is -2.42. The molecular weight excluding hydrogens is 456 g/mol. The lowest BCUT2D eigenvalue weighted by Gasteiger charge is -2.25. The van der Waals surface area contributed by atoms with Crippen LogP contribution in [0.4, 0.5) is 0 Å². The summed E-state index contributed by atoms with van der Waals surface area (Å²) in [7, 11) is 0. The minimum absolute atomic E-state index is 0.481. The number of esters is 2. The van der Waals surface area contributed by atoms with Crippen LogP contribution in [-0.4, -0.2) is 11.9 Å². The van der Waals surface area contributed by atoms with Crippen LogP contribution in [0, 0.1) is 0 Å². The van der Waals surface area contributed by atoms with Crippen molar-refractivity contribution in [3.05, 3.63) is 66.8 Å². The van der Waals surface area contributed by atoms with Crippen LogP contribution in [0.3, 0.4) is 0 Å². The number of hydrogen-bond acceptors (Lipinski definition) is 3. The Morgan fingerprint density at radius 3 is 0.676 bits per heavy atom. The van der Waals surface area contributed by atoms with Crippen molar-refractivity contribution in [2.45, 2.75) is 133 Å². The molecule has 2 rings (SSSR count). The molecule has 0 amide bonds. The number of rotatable bonds is 12. The van der Waals surface area contributed by atoms with Crippen LogP contribution in [0.15, 0.2) is 0 Å². The second-order valence-electron chi connectivity index (χ2n) is 9.75. The van der Waals surface area contributed by atoms with Crippen molar-refractivity contribution >= 4 is 11.9 Å². The van der Waals surface area contributed by atoms with Gasteiger partial charge in [-0.3, -0.25) is 0 Å². The third-order valence-corrected chi connectivity index (χ3v) is 8.25. The zero-order chi connectivity index (χ0) is 27.9. The topological polar surface area (TPSA) is 43.4 Å². The lowest BCUT2D eigenvalue weighted by molar-refractivity contribution is 0.0394. The molecule has 0 radical (unpaired) electrons. The van der Waals surface area contributed by atoms with Gasteiger partial charge in [-0.25, -0.2) is 9.59 Å². The summed E-state index contributed by atoms with van der Waals surface area (Å²) in [5, 5.41) is 0. The fourth-order valence-electron chi connectivity index (χ4n) is 6.86. The van der Waals surface area contributed by atoms with Gasteiger partial charge in [-0.15, -0.1) is 0 Å². The van der Waals surface area contributed by atoms with Gasteiger partial charge in [0.2, 0.25) is 0 Å². The third-order valence-electron chi connectivity index (χ3n) is 8.25. The normalized spacial score (nSPS) is 11.2. The summed E-state index contributed by atoms with van der Waals surface area (Å²) in [6.45, 7) is 21.5. The Morgan fingerprint density at radius 1 is 0.351 bits per heavy atom. The van der Waals surface area contributed by atoms with Crippen molar-refractivity contribution in [2.24, 2.45) is 0 Å². The Labute approximate surface area is 226 Å². The summed E-state index contributed by atoms with van der Waals surface area (Å²) < 4.78 is 5.86. The Kier molecular flexibility index (Phi) is 11.6. The van der Waals surface area contributed by atoms with Crippen LogP contribution in [0.25, 0.3) is 0 Å². The first kappa shape index (κ1) is 30.8. The molecule has 0 aliphatic carbocycles. The summed E-state index contributed by atoms with van der Waals surface area (Å²) >= 11 is 0. The van der Waals surface area contributed by atoms with Crippen molar-refractivity contribution in [2.75, 3.05) is 0 Å². The van der Waals surface area contributed by atoms with Gasteiger partial charge in [0.15, 0.2) is 0 Å². The van der Waals surface area contributed by atoms with Crippen molar-refractivity contribution in [1.29, 1.82) is 0 Å². The van der Waals surface area contributed by atoms with Crippen LogP contribution in [0.5, 0.6) is 0 Å². The molecule has 2 aromatic rings. The molecule has 0 unspecified atom stereocenters. The standard InChI is InChI=1S/C34H50O3/c1-11-21-23(13-3)27(17-7)31(28(18-8)24(21)14-4)33(35)37-34(36)32-29(19-9)25(15-5)22(12-2)26(16-6)30(32)20-10/h11-20H2,1-10H3. The van der Waals surface area contributed by atoms with E-state index in [0.717, 1.165) is 86.5 Å². The van der Waals surface area contributed by atoms with Crippen LogP contribution < -0.4 is 0 Å². The van der Waals surface area contributed by atoms with E-state index in [0.29, 0.717) is 11.1 Å². The Morgan fingerprint density at radius 2 is 0.514 bits per heavy atom. The predicted molar refractivity (Wildman–Crippen MR) is 156 cm³/mol. The summed E-state index contributed by atoms with van der Waals surface area (Å²) in [6.07, 6.45) is 8.37. The fraction of sp³-hybridized carbons (Fsp3) is 0.588. The highest BCUT2D eigenvalue weighted by molar-refractivity contribution is 6.06. The SMILES string of the molecule is CCc1c(CC)c(CC)c(C(=O)OC(=O)c2c(CC)c(CC)c(CC)c(CC)c2CC)c(CC)c1CC. The van der Waals surface area contributed by atoms with E-state index in [1.165, 1.54) is 33.4 Å². The number of carbonyl (C=O) groups excluding carboxylic acids is 2. The van der Waals surface area contributed by atoms with E-state index in [9.17, 15) is 9.59 Å². The Balaban J connectivity index is 2.80. The smallest absolute Gasteiger partial charge is 0.346 e. The highest BCUT2D eigenvalue weighted by atomic mass is 16.6. The molecule has 0 aromatic heterocycles. The minimum Gasteiger partial charge on any atom is -0.386 e. The van der Waals surface area contributed by atoms with Gasteiger partial charge in [0.05, 0.1) is 11.1 Å². The average molecular weight is 507 g/mol. The maximum Gasteiger partial charge on any atom is 0.346 e. The largest absolute Gasteiger partial charge is 0.386 e. The van der Waals surface area contributed by atoms with Gasteiger partial charge in [-0.05, 0) is 120 Å². The summed E-state index contributed by atoms with van der Waals surface area (Å²) in [5.41, 5.74) is 13.3. The summed E-state index contributed by atoms with van der Waals surface area (Å²) in [6, 6.07) is 0. The van der Waals surface area contributed by atoms with E-state index in [-0.39, 0.29) is 0 Å². The van der Waals surface area contributed by atoms with Crippen LogP contribution in [0.1, 0.15) is 146 Å². The molecule has 0 fully saturated rings. The van der Waals surface area contributed by atoms with Gasteiger partial charge < -0.3 is 4.74 Å². The molecule has 0 saturated carbocycles. The van der Waals surface area contributed by atoms with Gasteiger partial charge >= 0.3 is 11.9 Å². The minimum atomic E-state index is -0.481. The van der Waals surface area contributed by atoms with E-state index in [2.05, 4.69) is 69.2 Å². The second-order valence-corrected chi connectivity index (χ2v) is 9.75. The van der Waals surface area contributed by atoms with Crippen molar-refractivity contribution in [1.82, 2.24) is 0 Å². The monoisotopic (exact) mass is 506 g/mol. The molecule has 3 nitrogen and oxygen atoms in total. The van der Waals surface area contributed by atoms with Gasteiger partial charge in [0.25, 0.3) is 0 Å². The summed E-state index contributed by atoms with van der Waals surface area (Å²) in [4.78, 5) is 27.8. The molecule has 0 bridgehead atoms. The van der Waals surface area contributed by atoms with Crippen molar-refractivity contribution < 1.29 is 14.3 Å². The van der Waals surface area contributed by atoms with Crippen LogP contribution in [-0.2, 0) is 68.9 Å². The van der Waals surface area contributed by atoms with E-state index < -0.39 is 11.9 Å². The van der Waals surface area contributed by atoms with E-state index in [1.807, 2.05) is 0 Å². The third kappa shape index (κ3) is 5.56. The quantitative estimate of drug-likeness (QED) is 0.215. The molecular formula is C34H50O3. The maximum atomic E-state index is 13.9. The molecule has 0 saturated heterocycles. The molecule has 204 valence electrons. The second kappa shape index (κ2) is 13.9. The molecule has 2 aromatic carbocycles.